The van der Waals surface area contributed by atoms with Gasteiger partial charge in [-0.15, -0.1) is 0 Å². The SMILES string of the molecule is NCc1oc2c(F)cc(Br)cc2c1C1CC1. The Morgan fingerprint density at radius 3 is 2.81 bits per heavy atom. The third kappa shape index (κ3) is 1.48. The summed E-state index contributed by atoms with van der Waals surface area (Å²) < 4.78 is 20.0. The second kappa shape index (κ2) is 3.57. The maximum Gasteiger partial charge on any atom is 0.170 e. The van der Waals surface area contributed by atoms with Crippen molar-refractivity contribution >= 4 is 26.9 Å². The topological polar surface area (TPSA) is 39.2 Å². The lowest BCUT2D eigenvalue weighted by molar-refractivity contribution is 0.517. The third-order valence-corrected chi connectivity index (χ3v) is 3.45. The van der Waals surface area contributed by atoms with Crippen molar-refractivity contribution in [3.63, 3.8) is 0 Å². The summed E-state index contributed by atoms with van der Waals surface area (Å²) in [5, 5.41) is 0.870. The molecule has 0 radical (unpaired) electrons. The van der Waals surface area contributed by atoms with Crippen LogP contribution in [0.1, 0.15) is 30.1 Å². The van der Waals surface area contributed by atoms with Gasteiger partial charge < -0.3 is 10.2 Å². The van der Waals surface area contributed by atoms with Crippen molar-refractivity contribution < 1.29 is 8.81 Å². The van der Waals surface area contributed by atoms with Gasteiger partial charge in [0.15, 0.2) is 11.4 Å². The molecule has 0 unspecified atom stereocenters. The van der Waals surface area contributed by atoms with Gasteiger partial charge in [0.1, 0.15) is 5.76 Å². The van der Waals surface area contributed by atoms with E-state index in [1.807, 2.05) is 6.07 Å². The van der Waals surface area contributed by atoms with Crippen LogP contribution in [0.2, 0.25) is 0 Å². The first-order valence-electron chi connectivity index (χ1n) is 5.31. The number of nitrogens with two attached hydrogens (primary N) is 1. The van der Waals surface area contributed by atoms with E-state index >= 15 is 0 Å². The quantitative estimate of drug-likeness (QED) is 0.913. The predicted octanol–water partition coefficient (Wildman–Crippen LogP) is 3.67. The van der Waals surface area contributed by atoms with Gasteiger partial charge in [0, 0.05) is 15.4 Å². The summed E-state index contributed by atoms with van der Waals surface area (Å²) in [4.78, 5) is 0. The third-order valence-electron chi connectivity index (χ3n) is 3.00. The molecule has 1 aliphatic rings. The van der Waals surface area contributed by atoms with Crippen LogP contribution in [0.15, 0.2) is 21.0 Å². The number of hydrogen-bond donors (Lipinski definition) is 1. The monoisotopic (exact) mass is 283 g/mol. The molecule has 16 heavy (non-hydrogen) atoms. The zero-order valence-corrected chi connectivity index (χ0v) is 10.2. The van der Waals surface area contributed by atoms with Crippen LogP contribution in [0.5, 0.6) is 0 Å². The summed E-state index contributed by atoms with van der Waals surface area (Å²) in [6.07, 6.45) is 2.30. The van der Waals surface area contributed by atoms with E-state index in [0.29, 0.717) is 18.0 Å². The highest BCUT2D eigenvalue weighted by molar-refractivity contribution is 9.10. The van der Waals surface area contributed by atoms with Crippen molar-refractivity contribution in [2.45, 2.75) is 25.3 Å². The second-order valence-corrected chi connectivity index (χ2v) is 5.10. The van der Waals surface area contributed by atoms with Crippen LogP contribution in [0.4, 0.5) is 4.39 Å². The van der Waals surface area contributed by atoms with Gasteiger partial charge in [-0.2, -0.15) is 0 Å². The minimum absolute atomic E-state index is 0.328. The highest BCUT2D eigenvalue weighted by atomic mass is 79.9. The highest BCUT2D eigenvalue weighted by Crippen LogP contribution is 2.46. The van der Waals surface area contributed by atoms with Gasteiger partial charge in [-0.25, -0.2) is 4.39 Å². The lowest BCUT2D eigenvalue weighted by Gasteiger charge is -1.97. The number of furan rings is 1. The summed E-state index contributed by atoms with van der Waals surface area (Å²) >= 11 is 3.31. The van der Waals surface area contributed by atoms with Crippen molar-refractivity contribution in [3.05, 3.63) is 33.7 Å². The van der Waals surface area contributed by atoms with Gasteiger partial charge in [0.05, 0.1) is 6.54 Å². The van der Waals surface area contributed by atoms with Crippen molar-refractivity contribution in [3.8, 4) is 0 Å². The van der Waals surface area contributed by atoms with Crippen LogP contribution < -0.4 is 5.73 Å². The number of hydrogen-bond acceptors (Lipinski definition) is 2. The van der Waals surface area contributed by atoms with E-state index < -0.39 is 0 Å². The molecule has 0 atom stereocenters. The number of fused-ring (bicyclic) bond motifs is 1. The van der Waals surface area contributed by atoms with Crippen molar-refractivity contribution in [2.24, 2.45) is 5.73 Å². The molecule has 0 saturated heterocycles. The average molecular weight is 284 g/mol. The molecule has 0 bridgehead atoms. The Morgan fingerprint density at radius 2 is 2.19 bits per heavy atom. The van der Waals surface area contributed by atoms with Crippen molar-refractivity contribution in [1.29, 1.82) is 0 Å². The van der Waals surface area contributed by atoms with Crippen LogP contribution in [0.3, 0.4) is 0 Å². The normalized spacial score (nSPS) is 15.9. The zero-order chi connectivity index (χ0) is 11.3. The van der Waals surface area contributed by atoms with E-state index in [9.17, 15) is 4.39 Å². The second-order valence-electron chi connectivity index (χ2n) is 4.18. The Morgan fingerprint density at radius 1 is 1.44 bits per heavy atom. The lowest BCUT2D eigenvalue weighted by Crippen LogP contribution is -1.97. The van der Waals surface area contributed by atoms with E-state index in [-0.39, 0.29) is 5.82 Å². The number of halogens is 2. The fourth-order valence-electron chi connectivity index (χ4n) is 2.16. The molecule has 2 aromatic rings. The largest absolute Gasteiger partial charge is 0.456 e. The molecule has 2 N–H and O–H groups in total. The standard InChI is InChI=1S/C12H11BrFNO/c13-7-3-8-11(6-1-2-6)10(5-15)16-12(8)9(14)4-7/h3-4,6H,1-2,5,15H2. The van der Waals surface area contributed by atoms with Crippen molar-refractivity contribution in [2.75, 3.05) is 0 Å². The Hall–Kier alpha value is -0.870. The van der Waals surface area contributed by atoms with Gasteiger partial charge in [0.2, 0.25) is 0 Å². The summed E-state index contributed by atoms with van der Waals surface area (Å²) in [5.74, 6) is 0.911. The lowest BCUT2D eigenvalue weighted by atomic mass is 10.1. The van der Waals surface area contributed by atoms with Crippen LogP contribution >= 0.6 is 15.9 Å². The average Bonchev–Trinajstić information content (AvgIpc) is 3.00. The Balaban J connectivity index is 2.35. The molecular weight excluding hydrogens is 273 g/mol. The van der Waals surface area contributed by atoms with E-state index in [1.54, 1.807) is 0 Å². The molecule has 3 rings (SSSR count). The molecule has 1 heterocycles. The van der Waals surface area contributed by atoms with E-state index in [0.717, 1.165) is 34.0 Å². The maximum atomic E-state index is 13.7. The first-order chi connectivity index (χ1) is 7.70. The molecular formula is C12H11BrFNO. The summed E-state index contributed by atoms with van der Waals surface area (Å²) in [7, 11) is 0. The van der Waals surface area contributed by atoms with Gasteiger partial charge in [-0.3, -0.25) is 0 Å². The van der Waals surface area contributed by atoms with Crippen LogP contribution in [0, 0.1) is 5.82 Å². The van der Waals surface area contributed by atoms with Gasteiger partial charge in [-0.1, -0.05) is 15.9 Å². The number of rotatable bonds is 2. The maximum absolute atomic E-state index is 13.7. The molecule has 1 saturated carbocycles. The molecule has 84 valence electrons. The molecule has 0 aliphatic heterocycles. The highest BCUT2D eigenvalue weighted by Gasteiger charge is 2.31. The molecule has 2 nitrogen and oxygen atoms in total. The summed E-state index contributed by atoms with van der Waals surface area (Å²) in [6.45, 7) is 0.331. The number of benzene rings is 1. The molecule has 0 amide bonds. The fraction of sp³-hybridized carbons (Fsp3) is 0.333. The Kier molecular flexibility index (Phi) is 2.30. The molecule has 1 aliphatic carbocycles. The van der Waals surface area contributed by atoms with Crippen LogP contribution in [-0.2, 0) is 6.54 Å². The van der Waals surface area contributed by atoms with E-state index in [1.165, 1.54) is 6.07 Å². The van der Waals surface area contributed by atoms with Crippen LogP contribution in [0.25, 0.3) is 11.0 Å². The van der Waals surface area contributed by atoms with Crippen molar-refractivity contribution in [1.82, 2.24) is 0 Å². The minimum atomic E-state index is -0.328. The minimum Gasteiger partial charge on any atom is -0.456 e. The fourth-order valence-corrected chi connectivity index (χ4v) is 2.59. The van der Waals surface area contributed by atoms with E-state index in [4.69, 9.17) is 10.2 Å². The van der Waals surface area contributed by atoms with Gasteiger partial charge in [-0.05, 0) is 30.9 Å². The van der Waals surface area contributed by atoms with Gasteiger partial charge in [0.25, 0.3) is 0 Å². The summed E-state index contributed by atoms with van der Waals surface area (Å²) in [6, 6.07) is 3.33. The molecule has 1 aromatic heterocycles. The summed E-state index contributed by atoms with van der Waals surface area (Å²) in [5.41, 5.74) is 7.09. The Labute approximate surface area is 101 Å². The molecule has 1 fully saturated rings. The van der Waals surface area contributed by atoms with Crippen LogP contribution in [-0.4, -0.2) is 0 Å². The Bertz CT molecular complexity index is 560. The first-order valence-corrected chi connectivity index (χ1v) is 6.10. The molecule has 0 spiro atoms. The van der Waals surface area contributed by atoms with E-state index in [2.05, 4.69) is 15.9 Å². The molecule has 1 aromatic carbocycles. The smallest absolute Gasteiger partial charge is 0.170 e. The first kappa shape index (κ1) is 10.3. The molecule has 4 heteroatoms. The zero-order valence-electron chi connectivity index (χ0n) is 8.59. The van der Waals surface area contributed by atoms with Gasteiger partial charge >= 0.3 is 0 Å². The predicted molar refractivity (Wildman–Crippen MR) is 63.7 cm³/mol.